The molecule has 3 aromatic rings. The van der Waals surface area contributed by atoms with Crippen molar-refractivity contribution < 1.29 is 14.3 Å². The number of rotatable bonds is 5. The van der Waals surface area contributed by atoms with E-state index in [1.165, 1.54) is 0 Å². The topological polar surface area (TPSA) is 96.7 Å². The van der Waals surface area contributed by atoms with Gasteiger partial charge in [0.25, 0.3) is 5.91 Å². The fraction of sp³-hybridized carbons (Fsp3) is 0.200. The number of aryl methyl sites for hydroxylation is 1. The Balaban J connectivity index is 1.43. The third-order valence-corrected chi connectivity index (χ3v) is 5.75. The smallest absolute Gasteiger partial charge is 0.322 e. The van der Waals surface area contributed by atoms with Gasteiger partial charge in [-0.15, -0.1) is 0 Å². The summed E-state index contributed by atoms with van der Waals surface area (Å²) in [6, 6.07) is 19.8. The number of nitrogens with zero attached hydrogens (tertiary/aromatic N) is 1. The molecule has 0 bridgehead atoms. The number of fused-ring (bicyclic) bond motifs is 1. The number of carbonyl (C=O) groups is 2. The Morgan fingerprint density at radius 3 is 2.53 bits per heavy atom. The van der Waals surface area contributed by atoms with E-state index in [4.69, 9.17) is 10.5 Å². The number of para-hydroxylation sites is 2. The zero-order chi connectivity index (χ0) is 22.7. The van der Waals surface area contributed by atoms with Gasteiger partial charge in [0.15, 0.2) is 0 Å². The van der Waals surface area contributed by atoms with Crippen LogP contribution in [0.25, 0.3) is 0 Å². The highest BCUT2D eigenvalue weighted by Crippen LogP contribution is 2.32. The number of methoxy groups -OCH3 is 1. The van der Waals surface area contributed by atoms with Crippen molar-refractivity contribution in [2.24, 2.45) is 0 Å². The summed E-state index contributed by atoms with van der Waals surface area (Å²) in [4.78, 5) is 27.0. The molecule has 0 saturated heterocycles. The number of carbonyl (C=O) groups excluding carboxylic acids is 2. The number of benzene rings is 3. The summed E-state index contributed by atoms with van der Waals surface area (Å²) in [6.07, 6.45) is 1.58. The summed E-state index contributed by atoms with van der Waals surface area (Å²) in [6.45, 7) is 0. The van der Waals surface area contributed by atoms with Crippen molar-refractivity contribution in [2.75, 3.05) is 30.1 Å². The second-order valence-electron chi connectivity index (χ2n) is 7.75. The second kappa shape index (κ2) is 9.01. The van der Waals surface area contributed by atoms with Gasteiger partial charge in [-0.05, 0) is 72.5 Å². The van der Waals surface area contributed by atoms with Crippen molar-refractivity contribution >= 4 is 29.0 Å². The maximum Gasteiger partial charge on any atom is 0.322 e. The fourth-order valence-electron chi connectivity index (χ4n) is 3.88. The van der Waals surface area contributed by atoms with Crippen molar-refractivity contribution in [3.8, 4) is 5.75 Å². The number of ether oxygens (including phenoxy) is 1. The highest BCUT2D eigenvalue weighted by atomic mass is 16.5. The Bertz CT molecular complexity index is 1140. The Hall–Kier alpha value is -4.00. The zero-order valence-corrected chi connectivity index (χ0v) is 18.1. The third-order valence-electron chi connectivity index (χ3n) is 5.75. The van der Waals surface area contributed by atoms with Crippen LogP contribution < -0.4 is 26.0 Å². The number of hydrogen-bond acceptors (Lipinski definition) is 4. The van der Waals surface area contributed by atoms with Gasteiger partial charge in [0.1, 0.15) is 5.75 Å². The van der Waals surface area contributed by atoms with E-state index in [1.807, 2.05) is 48.5 Å². The summed E-state index contributed by atoms with van der Waals surface area (Å²) < 4.78 is 5.17. The first-order valence-electron chi connectivity index (χ1n) is 10.4. The molecule has 0 heterocycles. The average molecular weight is 431 g/mol. The highest BCUT2D eigenvalue weighted by molar-refractivity contribution is 6.06. The standard InChI is InChI=1S/C25H26N4O3/c1-29(18-9-11-19(32-2)12-10-18)25(31)28-22-14-8-16-15-17(7-13-20(16)22)24(30)27-23-6-4-3-5-21(23)26/h3-7,9-13,15,22H,8,14,26H2,1-2H3,(H,27,30)(H,28,31). The number of anilines is 3. The lowest BCUT2D eigenvalue weighted by Gasteiger charge is -2.22. The van der Waals surface area contributed by atoms with Crippen molar-refractivity contribution in [3.63, 3.8) is 0 Å². The van der Waals surface area contributed by atoms with Gasteiger partial charge in [-0.1, -0.05) is 18.2 Å². The van der Waals surface area contributed by atoms with Crippen molar-refractivity contribution in [1.82, 2.24) is 5.32 Å². The van der Waals surface area contributed by atoms with Crippen LogP contribution in [0.3, 0.4) is 0 Å². The van der Waals surface area contributed by atoms with E-state index in [0.717, 1.165) is 35.4 Å². The van der Waals surface area contributed by atoms with E-state index in [1.54, 1.807) is 37.3 Å². The molecular weight excluding hydrogens is 404 g/mol. The first-order valence-corrected chi connectivity index (χ1v) is 10.4. The van der Waals surface area contributed by atoms with E-state index in [2.05, 4.69) is 10.6 Å². The molecular formula is C25H26N4O3. The Kier molecular flexibility index (Phi) is 5.98. The quantitative estimate of drug-likeness (QED) is 0.524. The summed E-state index contributed by atoms with van der Waals surface area (Å²) in [5.41, 5.74) is 10.5. The summed E-state index contributed by atoms with van der Waals surface area (Å²) >= 11 is 0. The van der Waals surface area contributed by atoms with E-state index in [-0.39, 0.29) is 18.0 Å². The normalized spacial score (nSPS) is 14.4. The minimum Gasteiger partial charge on any atom is -0.497 e. The van der Waals surface area contributed by atoms with Crippen LogP contribution in [0.4, 0.5) is 21.9 Å². The molecule has 4 rings (SSSR count). The molecule has 1 unspecified atom stereocenters. The SMILES string of the molecule is COc1ccc(N(C)C(=O)NC2CCc3cc(C(=O)Nc4ccccc4N)ccc32)cc1. The number of nitrogens with one attached hydrogen (secondary N) is 2. The molecule has 3 aromatic carbocycles. The molecule has 32 heavy (non-hydrogen) atoms. The van der Waals surface area contributed by atoms with Gasteiger partial charge in [-0.25, -0.2) is 4.79 Å². The number of hydrogen-bond donors (Lipinski definition) is 3. The Morgan fingerprint density at radius 1 is 1.06 bits per heavy atom. The average Bonchev–Trinajstić information content (AvgIpc) is 3.22. The summed E-state index contributed by atoms with van der Waals surface area (Å²) in [5.74, 6) is 0.527. The predicted molar refractivity (Wildman–Crippen MR) is 126 cm³/mol. The Morgan fingerprint density at radius 2 is 1.81 bits per heavy atom. The van der Waals surface area contributed by atoms with Crippen LogP contribution in [0.15, 0.2) is 66.7 Å². The molecule has 1 aliphatic rings. The molecule has 0 spiro atoms. The minimum atomic E-state index is -0.211. The molecule has 0 fully saturated rings. The molecule has 164 valence electrons. The van der Waals surface area contributed by atoms with Crippen LogP contribution in [-0.4, -0.2) is 26.1 Å². The number of amides is 3. The van der Waals surface area contributed by atoms with E-state index in [9.17, 15) is 9.59 Å². The molecule has 7 heteroatoms. The van der Waals surface area contributed by atoms with E-state index < -0.39 is 0 Å². The minimum absolute atomic E-state index is 0.0972. The van der Waals surface area contributed by atoms with Crippen LogP contribution in [0.1, 0.15) is 33.9 Å². The summed E-state index contributed by atoms with van der Waals surface area (Å²) in [7, 11) is 3.34. The van der Waals surface area contributed by atoms with Crippen molar-refractivity contribution in [1.29, 1.82) is 0 Å². The summed E-state index contributed by atoms with van der Waals surface area (Å²) in [5, 5.41) is 5.95. The molecule has 0 aromatic heterocycles. The second-order valence-corrected chi connectivity index (χ2v) is 7.75. The third kappa shape index (κ3) is 4.37. The zero-order valence-electron chi connectivity index (χ0n) is 18.1. The van der Waals surface area contributed by atoms with Gasteiger partial charge in [0, 0.05) is 18.3 Å². The predicted octanol–water partition coefficient (Wildman–Crippen LogP) is 4.36. The van der Waals surface area contributed by atoms with Gasteiger partial charge < -0.3 is 21.1 Å². The number of nitrogen functional groups attached to an aromatic ring is 1. The van der Waals surface area contributed by atoms with Crippen LogP contribution in [0, 0.1) is 0 Å². The maximum atomic E-state index is 12.8. The Labute approximate surface area is 187 Å². The van der Waals surface area contributed by atoms with Gasteiger partial charge in [0.05, 0.1) is 24.5 Å². The van der Waals surface area contributed by atoms with E-state index >= 15 is 0 Å². The van der Waals surface area contributed by atoms with Crippen molar-refractivity contribution in [2.45, 2.75) is 18.9 Å². The van der Waals surface area contributed by atoms with Crippen LogP contribution >= 0.6 is 0 Å². The molecule has 0 saturated carbocycles. The lowest BCUT2D eigenvalue weighted by molar-refractivity contribution is 0.102. The molecule has 1 atom stereocenters. The van der Waals surface area contributed by atoms with Gasteiger partial charge in [0.2, 0.25) is 0 Å². The molecule has 0 aliphatic heterocycles. The van der Waals surface area contributed by atoms with Crippen LogP contribution in [0.5, 0.6) is 5.75 Å². The first kappa shape index (κ1) is 21.2. The molecule has 7 nitrogen and oxygen atoms in total. The maximum absolute atomic E-state index is 12.8. The van der Waals surface area contributed by atoms with Crippen LogP contribution in [0.2, 0.25) is 0 Å². The lowest BCUT2D eigenvalue weighted by atomic mass is 10.0. The monoisotopic (exact) mass is 430 g/mol. The fourth-order valence-corrected chi connectivity index (χ4v) is 3.88. The number of nitrogens with two attached hydrogens (primary N) is 1. The first-order chi connectivity index (χ1) is 15.5. The van der Waals surface area contributed by atoms with Gasteiger partial charge >= 0.3 is 6.03 Å². The van der Waals surface area contributed by atoms with Gasteiger partial charge in [-0.3, -0.25) is 9.69 Å². The largest absolute Gasteiger partial charge is 0.497 e. The van der Waals surface area contributed by atoms with Crippen LogP contribution in [-0.2, 0) is 6.42 Å². The van der Waals surface area contributed by atoms with Gasteiger partial charge in [-0.2, -0.15) is 0 Å². The molecule has 4 N–H and O–H groups in total. The highest BCUT2D eigenvalue weighted by Gasteiger charge is 2.26. The van der Waals surface area contributed by atoms with E-state index in [0.29, 0.717) is 16.9 Å². The number of urea groups is 1. The molecule has 1 aliphatic carbocycles. The van der Waals surface area contributed by atoms with Crippen molar-refractivity contribution in [3.05, 3.63) is 83.4 Å². The molecule has 0 radical (unpaired) electrons. The lowest BCUT2D eigenvalue weighted by Crippen LogP contribution is -2.38. The molecule has 3 amide bonds.